The standard InChI is InChI=1S/C68H48N2O2/c1-67(2)53-25-7-11-29-57(53)69(58-30-12-8-26-54(58)67)41-35-37-45-51(39-41)63(49-23-17-21-47-43-19-5-15-33-61(43)71-65(47)49)46-38-36-42(70-59-31-13-9-27-55(59)68(3,4)56-28-10-14-32-60(56)70)40-52(46)64(45)50-24-18-22-48-44-20-6-16-34-62(44)72-66(48)50/h5-40H,1-4H3. The van der Waals surface area contributed by atoms with Gasteiger partial charge in [-0.3, -0.25) is 0 Å². The number of rotatable bonds is 4. The fraction of sp³-hybridized carbons (Fsp3) is 0.0882. The van der Waals surface area contributed by atoms with E-state index in [9.17, 15) is 0 Å². The van der Waals surface area contributed by atoms with Crippen LogP contribution in [-0.4, -0.2) is 0 Å². The van der Waals surface area contributed by atoms with Gasteiger partial charge in [-0.15, -0.1) is 0 Å². The van der Waals surface area contributed by atoms with Crippen molar-refractivity contribution in [1.29, 1.82) is 0 Å². The third kappa shape index (κ3) is 5.58. The highest BCUT2D eigenvalue weighted by Gasteiger charge is 2.38. The Morgan fingerprint density at radius 2 is 0.625 bits per heavy atom. The molecule has 0 spiro atoms. The van der Waals surface area contributed by atoms with Gasteiger partial charge in [0, 0.05) is 66.0 Å². The van der Waals surface area contributed by atoms with Crippen LogP contribution in [-0.2, 0) is 10.8 Å². The summed E-state index contributed by atoms with van der Waals surface area (Å²) in [5.41, 5.74) is 19.5. The molecule has 0 fully saturated rings. The molecule has 0 unspecified atom stereocenters. The maximum Gasteiger partial charge on any atom is 0.143 e. The summed E-state index contributed by atoms with van der Waals surface area (Å²) in [7, 11) is 0. The van der Waals surface area contributed by atoms with Crippen LogP contribution in [0.3, 0.4) is 0 Å². The van der Waals surface area contributed by atoms with Gasteiger partial charge in [0.1, 0.15) is 22.3 Å². The van der Waals surface area contributed by atoms with Crippen LogP contribution in [0.1, 0.15) is 49.9 Å². The van der Waals surface area contributed by atoms with E-state index in [1.54, 1.807) is 0 Å². The molecule has 0 bridgehead atoms. The number of hydrogen-bond donors (Lipinski definition) is 0. The van der Waals surface area contributed by atoms with Crippen LogP contribution in [0, 0.1) is 0 Å². The van der Waals surface area contributed by atoms with Crippen molar-refractivity contribution in [1.82, 2.24) is 0 Å². The van der Waals surface area contributed by atoms with E-state index in [4.69, 9.17) is 8.83 Å². The van der Waals surface area contributed by atoms with E-state index in [0.717, 1.165) is 99.1 Å². The molecule has 4 heterocycles. The Hall–Kier alpha value is -8.86. The molecule has 2 aliphatic heterocycles. The molecule has 0 N–H and O–H groups in total. The summed E-state index contributed by atoms with van der Waals surface area (Å²) in [4.78, 5) is 4.95. The van der Waals surface area contributed by atoms with E-state index in [1.165, 1.54) is 45.0 Å². The van der Waals surface area contributed by atoms with Crippen LogP contribution >= 0.6 is 0 Å². The lowest BCUT2D eigenvalue weighted by molar-refractivity contribution is 0.632. The van der Waals surface area contributed by atoms with Gasteiger partial charge in [0.25, 0.3) is 0 Å². The molecule has 15 rings (SSSR count). The first-order chi connectivity index (χ1) is 35.3. The van der Waals surface area contributed by atoms with Crippen molar-refractivity contribution in [3.8, 4) is 22.3 Å². The number of hydrogen-bond acceptors (Lipinski definition) is 4. The number of furan rings is 2. The van der Waals surface area contributed by atoms with Crippen molar-refractivity contribution in [2.75, 3.05) is 9.80 Å². The van der Waals surface area contributed by atoms with Gasteiger partial charge in [-0.1, -0.05) is 185 Å². The molecular formula is C68H48N2O2. The van der Waals surface area contributed by atoms with Gasteiger partial charge < -0.3 is 18.6 Å². The number of benzene rings is 11. The smallest absolute Gasteiger partial charge is 0.143 e. The average Bonchev–Trinajstić information content (AvgIpc) is 4.00. The highest BCUT2D eigenvalue weighted by molar-refractivity contribution is 6.27. The third-order valence-electron chi connectivity index (χ3n) is 16.2. The Morgan fingerprint density at radius 1 is 0.292 bits per heavy atom. The van der Waals surface area contributed by atoms with Crippen molar-refractivity contribution in [2.45, 2.75) is 38.5 Å². The third-order valence-corrected chi connectivity index (χ3v) is 16.2. The lowest BCUT2D eigenvalue weighted by Crippen LogP contribution is -2.30. The van der Waals surface area contributed by atoms with Gasteiger partial charge in [-0.25, -0.2) is 0 Å². The van der Waals surface area contributed by atoms with Gasteiger partial charge >= 0.3 is 0 Å². The molecule has 4 heteroatoms. The van der Waals surface area contributed by atoms with Gasteiger partial charge in [0.05, 0.1) is 22.7 Å². The number of para-hydroxylation sites is 8. The zero-order valence-electron chi connectivity index (χ0n) is 40.5. The second-order valence-electron chi connectivity index (χ2n) is 20.8. The lowest BCUT2D eigenvalue weighted by atomic mass is 9.73. The van der Waals surface area contributed by atoms with Crippen LogP contribution < -0.4 is 9.80 Å². The Morgan fingerprint density at radius 3 is 1.01 bits per heavy atom. The summed E-state index contributed by atoms with van der Waals surface area (Å²) in [6, 6.07) is 80.1. The highest BCUT2D eigenvalue weighted by Crippen LogP contribution is 2.56. The first kappa shape index (κ1) is 41.0. The Bertz CT molecular complexity index is 4050. The molecule has 2 aromatic heterocycles. The molecule has 0 amide bonds. The van der Waals surface area contributed by atoms with Crippen molar-refractivity contribution in [2.24, 2.45) is 0 Å². The predicted octanol–water partition coefficient (Wildman–Crippen LogP) is 19.3. The molecule has 0 aliphatic carbocycles. The van der Waals surface area contributed by atoms with E-state index in [1.807, 2.05) is 0 Å². The van der Waals surface area contributed by atoms with Crippen molar-refractivity contribution >= 4 is 99.5 Å². The number of nitrogens with zero attached hydrogens (tertiary/aromatic N) is 2. The monoisotopic (exact) mass is 924 g/mol. The number of anilines is 6. The second-order valence-corrected chi connectivity index (χ2v) is 20.8. The predicted molar refractivity (Wildman–Crippen MR) is 301 cm³/mol. The summed E-state index contributed by atoms with van der Waals surface area (Å²) in [6.07, 6.45) is 0. The highest BCUT2D eigenvalue weighted by atomic mass is 16.3. The van der Waals surface area contributed by atoms with E-state index in [-0.39, 0.29) is 10.8 Å². The average molecular weight is 925 g/mol. The summed E-state index contributed by atoms with van der Waals surface area (Å²) in [6.45, 7) is 9.40. The molecule has 4 nitrogen and oxygen atoms in total. The molecule has 72 heavy (non-hydrogen) atoms. The minimum atomic E-state index is -0.194. The fourth-order valence-corrected chi connectivity index (χ4v) is 12.8. The normalized spacial score (nSPS) is 14.6. The molecule has 2 aliphatic rings. The summed E-state index contributed by atoms with van der Waals surface area (Å²) < 4.78 is 14.0. The van der Waals surface area contributed by atoms with E-state index < -0.39 is 0 Å². The second kappa shape index (κ2) is 14.8. The quantitative estimate of drug-likeness (QED) is 0.165. The van der Waals surface area contributed by atoms with Crippen molar-refractivity contribution in [3.05, 3.63) is 241 Å². The van der Waals surface area contributed by atoms with Gasteiger partial charge in [0.15, 0.2) is 0 Å². The van der Waals surface area contributed by atoms with E-state index >= 15 is 0 Å². The zero-order valence-corrected chi connectivity index (χ0v) is 40.5. The maximum atomic E-state index is 6.99. The molecule has 0 atom stereocenters. The Kier molecular flexibility index (Phi) is 8.44. The molecular weight excluding hydrogens is 877 g/mol. The molecule has 11 aromatic carbocycles. The fourth-order valence-electron chi connectivity index (χ4n) is 12.8. The first-order valence-corrected chi connectivity index (χ1v) is 25.1. The number of fused-ring (bicyclic) bond motifs is 12. The van der Waals surface area contributed by atoms with Crippen molar-refractivity contribution in [3.63, 3.8) is 0 Å². The van der Waals surface area contributed by atoms with Crippen LogP contribution in [0.2, 0.25) is 0 Å². The van der Waals surface area contributed by atoms with Gasteiger partial charge in [0.2, 0.25) is 0 Å². The lowest BCUT2D eigenvalue weighted by Gasteiger charge is -2.42. The molecule has 0 radical (unpaired) electrons. The Balaban J connectivity index is 1.11. The summed E-state index contributed by atoms with van der Waals surface area (Å²) in [5.74, 6) is 0. The van der Waals surface area contributed by atoms with Crippen LogP contribution in [0.5, 0.6) is 0 Å². The molecule has 0 saturated carbocycles. The summed E-state index contributed by atoms with van der Waals surface area (Å²) in [5, 5.41) is 8.90. The summed E-state index contributed by atoms with van der Waals surface area (Å²) >= 11 is 0. The SMILES string of the molecule is CC1(C)c2ccccc2N(c2ccc3c(-c4cccc5c4oc4ccccc45)c4cc(N5c6ccccc6C(C)(C)c6ccccc65)ccc4c(-c4cccc5c4oc4ccccc45)c3c2)c2ccccc21. The minimum absolute atomic E-state index is 0.194. The van der Waals surface area contributed by atoms with Crippen molar-refractivity contribution < 1.29 is 8.83 Å². The van der Waals surface area contributed by atoms with Gasteiger partial charge in [-0.2, -0.15) is 0 Å². The zero-order chi connectivity index (χ0) is 48.0. The molecule has 13 aromatic rings. The molecule has 0 saturated heterocycles. The van der Waals surface area contributed by atoms with Crippen LogP contribution in [0.15, 0.2) is 227 Å². The largest absolute Gasteiger partial charge is 0.455 e. The first-order valence-electron chi connectivity index (χ1n) is 25.1. The Labute approximate surface area is 417 Å². The molecule has 342 valence electrons. The van der Waals surface area contributed by atoms with E-state index in [0.29, 0.717) is 0 Å². The minimum Gasteiger partial charge on any atom is -0.455 e. The maximum absolute atomic E-state index is 6.99. The van der Waals surface area contributed by atoms with Gasteiger partial charge in [-0.05, 0) is 104 Å². The van der Waals surface area contributed by atoms with Crippen LogP contribution in [0.4, 0.5) is 34.1 Å². The van der Waals surface area contributed by atoms with E-state index in [2.05, 4.69) is 256 Å². The van der Waals surface area contributed by atoms with Crippen LogP contribution in [0.25, 0.3) is 87.7 Å². The topological polar surface area (TPSA) is 32.8 Å².